The minimum Gasteiger partial charge on any atom is -0.478 e. The first kappa shape index (κ1) is 13.6. The maximum Gasteiger partial charge on any atom is 0.335 e. The van der Waals surface area contributed by atoms with Crippen LogP contribution in [0.5, 0.6) is 0 Å². The number of carboxylic acid groups (broad SMARTS) is 1. The highest BCUT2D eigenvalue weighted by atomic mass is 19.1. The largest absolute Gasteiger partial charge is 0.478 e. The molecule has 0 atom stereocenters. The lowest BCUT2D eigenvalue weighted by molar-refractivity contribution is 0.0697. The molecule has 0 fully saturated rings. The molecule has 1 N–H and O–H groups in total. The van der Waals surface area contributed by atoms with Crippen LogP contribution in [-0.2, 0) is 0 Å². The number of halogens is 1. The summed E-state index contributed by atoms with van der Waals surface area (Å²) >= 11 is 0. The highest BCUT2D eigenvalue weighted by Gasteiger charge is 2.11. The SMILES string of the molecule is CN(c1ccc(C(=O)O)cc1)c1ccc(C#N)cc1F. The Labute approximate surface area is 115 Å². The molecule has 0 saturated carbocycles. The molecular formula is C15H11FN2O2. The lowest BCUT2D eigenvalue weighted by Gasteiger charge is -2.20. The van der Waals surface area contributed by atoms with Crippen molar-refractivity contribution in [3.8, 4) is 6.07 Å². The Morgan fingerprint density at radius 1 is 1.25 bits per heavy atom. The zero-order chi connectivity index (χ0) is 14.7. The fourth-order valence-electron chi connectivity index (χ4n) is 1.82. The van der Waals surface area contributed by atoms with E-state index in [1.807, 2.05) is 6.07 Å². The van der Waals surface area contributed by atoms with E-state index in [0.29, 0.717) is 11.4 Å². The van der Waals surface area contributed by atoms with Crippen LogP contribution < -0.4 is 4.90 Å². The molecule has 4 nitrogen and oxygen atoms in total. The van der Waals surface area contributed by atoms with Gasteiger partial charge >= 0.3 is 5.97 Å². The average molecular weight is 270 g/mol. The summed E-state index contributed by atoms with van der Waals surface area (Å²) in [6, 6.07) is 12.2. The summed E-state index contributed by atoms with van der Waals surface area (Å²) in [4.78, 5) is 12.4. The summed E-state index contributed by atoms with van der Waals surface area (Å²) in [7, 11) is 1.67. The van der Waals surface area contributed by atoms with E-state index in [1.54, 1.807) is 24.1 Å². The summed E-state index contributed by atoms with van der Waals surface area (Å²) in [5.74, 6) is -1.52. The highest BCUT2D eigenvalue weighted by Crippen LogP contribution is 2.27. The number of nitrogens with zero attached hydrogens (tertiary/aromatic N) is 2. The quantitative estimate of drug-likeness (QED) is 0.930. The predicted molar refractivity (Wildman–Crippen MR) is 72.6 cm³/mol. The van der Waals surface area contributed by atoms with Gasteiger partial charge in [-0.25, -0.2) is 9.18 Å². The molecule has 0 aliphatic heterocycles. The number of hydrogen-bond acceptors (Lipinski definition) is 3. The second-order valence-electron chi connectivity index (χ2n) is 4.19. The molecule has 0 bridgehead atoms. The maximum absolute atomic E-state index is 13.9. The Morgan fingerprint density at radius 3 is 2.40 bits per heavy atom. The third kappa shape index (κ3) is 2.59. The van der Waals surface area contributed by atoms with E-state index >= 15 is 0 Å². The number of carbonyl (C=O) groups is 1. The molecule has 2 aromatic carbocycles. The Kier molecular flexibility index (Phi) is 3.67. The zero-order valence-corrected chi connectivity index (χ0v) is 10.7. The van der Waals surface area contributed by atoms with Crippen LogP contribution in [0, 0.1) is 17.1 Å². The number of aromatic carboxylic acids is 1. The molecule has 5 heteroatoms. The molecule has 0 heterocycles. The Morgan fingerprint density at radius 2 is 1.90 bits per heavy atom. The molecule has 0 saturated heterocycles. The predicted octanol–water partition coefficient (Wildman–Crippen LogP) is 3.16. The summed E-state index contributed by atoms with van der Waals surface area (Å²) in [5.41, 5.74) is 1.38. The van der Waals surface area contributed by atoms with Crippen molar-refractivity contribution in [1.29, 1.82) is 5.26 Å². The van der Waals surface area contributed by atoms with Gasteiger partial charge in [0.05, 0.1) is 22.9 Å². The van der Waals surface area contributed by atoms with Crippen molar-refractivity contribution in [2.45, 2.75) is 0 Å². The summed E-state index contributed by atoms with van der Waals surface area (Å²) in [6.07, 6.45) is 0. The number of hydrogen-bond donors (Lipinski definition) is 1. The van der Waals surface area contributed by atoms with E-state index in [-0.39, 0.29) is 11.1 Å². The first-order valence-corrected chi connectivity index (χ1v) is 5.79. The highest BCUT2D eigenvalue weighted by molar-refractivity contribution is 5.88. The van der Waals surface area contributed by atoms with E-state index in [4.69, 9.17) is 10.4 Å². The molecule has 2 rings (SSSR count). The van der Waals surface area contributed by atoms with Gasteiger partial charge in [0.2, 0.25) is 0 Å². The van der Waals surface area contributed by atoms with Crippen LogP contribution in [0.25, 0.3) is 0 Å². The number of anilines is 2. The summed E-state index contributed by atoms with van der Waals surface area (Å²) < 4.78 is 13.9. The van der Waals surface area contributed by atoms with E-state index in [2.05, 4.69) is 0 Å². The Balaban J connectivity index is 2.33. The first-order chi connectivity index (χ1) is 9.52. The molecule has 0 aliphatic carbocycles. The van der Waals surface area contributed by atoms with Crippen molar-refractivity contribution in [1.82, 2.24) is 0 Å². The molecule has 0 aliphatic rings. The molecule has 0 amide bonds. The summed E-state index contributed by atoms with van der Waals surface area (Å²) in [5, 5.41) is 17.5. The number of benzene rings is 2. The van der Waals surface area contributed by atoms with Crippen molar-refractivity contribution in [2.75, 3.05) is 11.9 Å². The van der Waals surface area contributed by atoms with Crippen LogP contribution in [0.2, 0.25) is 0 Å². The van der Waals surface area contributed by atoms with Gasteiger partial charge in [-0.15, -0.1) is 0 Å². The van der Waals surface area contributed by atoms with Crippen molar-refractivity contribution in [3.63, 3.8) is 0 Å². The van der Waals surface area contributed by atoms with E-state index < -0.39 is 11.8 Å². The second-order valence-corrected chi connectivity index (χ2v) is 4.19. The number of nitriles is 1. The molecule has 100 valence electrons. The normalized spacial score (nSPS) is 9.85. The van der Waals surface area contributed by atoms with Crippen LogP contribution in [0.3, 0.4) is 0 Å². The number of carboxylic acids is 1. The maximum atomic E-state index is 13.9. The van der Waals surface area contributed by atoms with Gasteiger partial charge in [-0.3, -0.25) is 0 Å². The van der Waals surface area contributed by atoms with Crippen molar-refractivity contribution >= 4 is 17.3 Å². The lowest BCUT2D eigenvalue weighted by Crippen LogP contribution is -2.11. The van der Waals surface area contributed by atoms with E-state index in [1.165, 1.54) is 24.3 Å². The minimum absolute atomic E-state index is 0.169. The third-order valence-corrected chi connectivity index (χ3v) is 2.94. The minimum atomic E-state index is -1.01. The van der Waals surface area contributed by atoms with E-state index in [9.17, 15) is 9.18 Å². The fourth-order valence-corrected chi connectivity index (χ4v) is 1.82. The molecule has 0 radical (unpaired) electrons. The van der Waals surface area contributed by atoms with Gasteiger partial charge in [-0.2, -0.15) is 5.26 Å². The lowest BCUT2D eigenvalue weighted by atomic mass is 10.1. The van der Waals surface area contributed by atoms with Gasteiger partial charge in [0, 0.05) is 12.7 Å². The average Bonchev–Trinajstić information content (AvgIpc) is 2.46. The summed E-state index contributed by atoms with van der Waals surface area (Å²) in [6.45, 7) is 0. The van der Waals surface area contributed by atoms with Gasteiger partial charge in [-0.05, 0) is 42.5 Å². The van der Waals surface area contributed by atoms with Crippen LogP contribution >= 0.6 is 0 Å². The van der Waals surface area contributed by atoms with Crippen molar-refractivity contribution in [2.24, 2.45) is 0 Å². The van der Waals surface area contributed by atoms with Crippen molar-refractivity contribution in [3.05, 3.63) is 59.4 Å². The topological polar surface area (TPSA) is 64.3 Å². The number of rotatable bonds is 3. The molecule has 0 aromatic heterocycles. The van der Waals surface area contributed by atoms with Gasteiger partial charge in [0.25, 0.3) is 0 Å². The Bertz CT molecular complexity index is 690. The first-order valence-electron chi connectivity index (χ1n) is 5.79. The van der Waals surface area contributed by atoms with Crippen LogP contribution in [-0.4, -0.2) is 18.1 Å². The molecule has 20 heavy (non-hydrogen) atoms. The van der Waals surface area contributed by atoms with E-state index in [0.717, 1.165) is 6.07 Å². The molecular weight excluding hydrogens is 259 g/mol. The third-order valence-electron chi connectivity index (χ3n) is 2.94. The van der Waals surface area contributed by atoms with Crippen LogP contribution in [0.15, 0.2) is 42.5 Å². The van der Waals surface area contributed by atoms with Crippen LogP contribution in [0.1, 0.15) is 15.9 Å². The Hall–Kier alpha value is -2.87. The monoisotopic (exact) mass is 270 g/mol. The smallest absolute Gasteiger partial charge is 0.335 e. The fraction of sp³-hybridized carbons (Fsp3) is 0.0667. The molecule has 0 spiro atoms. The van der Waals surface area contributed by atoms with Gasteiger partial charge in [0.1, 0.15) is 5.82 Å². The second kappa shape index (κ2) is 5.41. The molecule has 0 unspecified atom stereocenters. The standard InChI is InChI=1S/C15H11FN2O2/c1-18(12-5-3-11(4-6-12)15(19)20)14-7-2-10(9-17)8-13(14)16/h2-8H,1H3,(H,19,20). The van der Waals surface area contributed by atoms with Gasteiger partial charge in [0.15, 0.2) is 0 Å². The van der Waals surface area contributed by atoms with Gasteiger partial charge in [-0.1, -0.05) is 0 Å². The zero-order valence-electron chi connectivity index (χ0n) is 10.7. The molecule has 2 aromatic rings. The van der Waals surface area contributed by atoms with Crippen molar-refractivity contribution < 1.29 is 14.3 Å². The van der Waals surface area contributed by atoms with Crippen LogP contribution in [0.4, 0.5) is 15.8 Å². The van der Waals surface area contributed by atoms with Gasteiger partial charge < -0.3 is 10.0 Å².